The van der Waals surface area contributed by atoms with Crippen LogP contribution in [0, 0.1) is 0 Å². The van der Waals surface area contributed by atoms with Gasteiger partial charge in [0.05, 0.1) is 6.61 Å². The molecule has 30 heavy (non-hydrogen) atoms. The first-order chi connectivity index (χ1) is 14.7. The molecule has 2 aromatic carbocycles. The quantitative estimate of drug-likeness (QED) is 0.521. The zero-order valence-electron chi connectivity index (χ0n) is 17.0. The van der Waals surface area contributed by atoms with Crippen molar-refractivity contribution in [1.82, 2.24) is 9.88 Å². The summed E-state index contributed by atoms with van der Waals surface area (Å²) in [5.41, 5.74) is 2.38. The molecule has 2 heterocycles. The smallest absolute Gasteiger partial charge is 0.303 e. The molecule has 0 radical (unpaired) electrons. The number of likely N-dealkylation sites (tertiary alicyclic amines) is 1. The van der Waals surface area contributed by atoms with Crippen LogP contribution in [0.25, 0.3) is 10.8 Å². The molecule has 0 amide bonds. The third-order valence-corrected chi connectivity index (χ3v) is 5.42. The van der Waals surface area contributed by atoms with Crippen molar-refractivity contribution < 1.29 is 14.6 Å². The summed E-state index contributed by atoms with van der Waals surface area (Å²) in [7, 11) is 0. The van der Waals surface area contributed by atoms with Gasteiger partial charge in [-0.1, -0.05) is 24.3 Å². The van der Waals surface area contributed by atoms with Gasteiger partial charge in [-0.3, -0.25) is 14.7 Å². The second-order valence-electron chi connectivity index (χ2n) is 7.76. The average Bonchev–Trinajstić information content (AvgIpc) is 3.18. The number of nitrogens with one attached hydrogen (secondary N) is 1. The van der Waals surface area contributed by atoms with Crippen LogP contribution in [0.5, 0.6) is 5.75 Å². The van der Waals surface area contributed by atoms with Crippen LogP contribution < -0.4 is 10.1 Å². The Morgan fingerprint density at radius 2 is 2.13 bits per heavy atom. The van der Waals surface area contributed by atoms with E-state index in [1.54, 1.807) is 0 Å². The van der Waals surface area contributed by atoms with Gasteiger partial charge in [0, 0.05) is 61.0 Å². The molecule has 3 aromatic rings. The number of rotatable bonds is 9. The van der Waals surface area contributed by atoms with E-state index in [1.165, 1.54) is 16.6 Å². The van der Waals surface area contributed by atoms with Gasteiger partial charge in [0.2, 0.25) is 0 Å². The lowest BCUT2D eigenvalue weighted by Crippen LogP contribution is -2.26. The second-order valence-corrected chi connectivity index (χ2v) is 7.76. The minimum absolute atomic E-state index is 0.134. The number of carboxylic acids is 1. The van der Waals surface area contributed by atoms with Crippen molar-refractivity contribution in [2.24, 2.45) is 0 Å². The number of hydrogen-bond acceptors (Lipinski definition) is 5. The molecule has 4 rings (SSSR count). The standard InChI is InChI=1S/C24H27N3O3/c28-24(29)8-3-13-30-21-6-1-4-18(14-21)16-27-12-10-20(17-27)26-23-7-2-5-19-15-25-11-9-22(19)23/h1-2,4-7,9,11,14-15,20,26H,3,8,10,12-13,16-17H2,(H,28,29). The predicted octanol–water partition coefficient (Wildman–Crippen LogP) is 4.16. The first-order valence-electron chi connectivity index (χ1n) is 10.4. The van der Waals surface area contributed by atoms with E-state index in [-0.39, 0.29) is 6.42 Å². The van der Waals surface area contributed by atoms with Crippen LogP contribution in [0.3, 0.4) is 0 Å². The van der Waals surface area contributed by atoms with Gasteiger partial charge in [0.25, 0.3) is 0 Å². The van der Waals surface area contributed by atoms with Crippen LogP contribution >= 0.6 is 0 Å². The molecule has 0 spiro atoms. The molecule has 1 saturated heterocycles. The molecule has 156 valence electrons. The Kier molecular flexibility index (Phi) is 6.44. The van der Waals surface area contributed by atoms with E-state index in [1.807, 2.05) is 24.5 Å². The highest BCUT2D eigenvalue weighted by Gasteiger charge is 2.22. The Morgan fingerprint density at radius 1 is 1.23 bits per heavy atom. The maximum Gasteiger partial charge on any atom is 0.303 e. The number of benzene rings is 2. The highest BCUT2D eigenvalue weighted by molar-refractivity contribution is 5.93. The number of carboxylic acid groups (broad SMARTS) is 1. The fourth-order valence-electron chi connectivity index (χ4n) is 3.97. The van der Waals surface area contributed by atoms with Crippen molar-refractivity contribution in [3.05, 3.63) is 66.5 Å². The van der Waals surface area contributed by atoms with Crippen molar-refractivity contribution in [3.8, 4) is 5.75 Å². The van der Waals surface area contributed by atoms with Crippen LogP contribution in [0.2, 0.25) is 0 Å². The Hall–Kier alpha value is -3.12. The summed E-state index contributed by atoms with van der Waals surface area (Å²) in [6, 6.07) is 16.9. The molecular weight excluding hydrogens is 378 g/mol. The molecule has 0 aliphatic carbocycles. The van der Waals surface area contributed by atoms with Gasteiger partial charge >= 0.3 is 5.97 Å². The molecule has 0 saturated carbocycles. The van der Waals surface area contributed by atoms with Crippen molar-refractivity contribution in [1.29, 1.82) is 0 Å². The van der Waals surface area contributed by atoms with Crippen molar-refractivity contribution >= 4 is 22.4 Å². The number of pyridine rings is 1. The third-order valence-electron chi connectivity index (χ3n) is 5.42. The highest BCUT2D eigenvalue weighted by Crippen LogP contribution is 2.25. The van der Waals surface area contributed by atoms with E-state index in [0.29, 0.717) is 19.1 Å². The van der Waals surface area contributed by atoms with Gasteiger partial charge in [-0.05, 0) is 42.7 Å². The van der Waals surface area contributed by atoms with E-state index in [0.717, 1.165) is 37.2 Å². The number of nitrogens with zero attached hydrogens (tertiary/aromatic N) is 2. The minimum Gasteiger partial charge on any atom is -0.494 e. The van der Waals surface area contributed by atoms with Gasteiger partial charge in [0.1, 0.15) is 5.75 Å². The molecule has 1 aliphatic rings. The highest BCUT2D eigenvalue weighted by atomic mass is 16.5. The average molecular weight is 405 g/mol. The largest absolute Gasteiger partial charge is 0.494 e. The number of aliphatic carboxylic acids is 1. The van der Waals surface area contributed by atoms with Gasteiger partial charge in [0.15, 0.2) is 0 Å². The minimum atomic E-state index is -0.787. The SMILES string of the molecule is O=C(O)CCCOc1cccc(CN2CCC(Nc3cccc4cnccc34)C2)c1. The van der Waals surface area contributed by atoms with Gasteiger partial charge < -0.3 is 15.2 Å². The van der Waals surface area contributed by atoms with Crippen molar-refractivity contribution in [2.45, 2.75) is 31.8 Å². The molecule has 0 bridgehead atoms. The Balaban J connectivity index is 1.31. The van der Waals surface area contributed by atoms with Gasteiger partial charge in [-0.25, -0.2) is 0 Å². The van der Waals surface area contributed by atoms with E-state index < -0.39 is 5.97 Å². The molecule has 6 heteroatoms. The predicted molar refractivity (Wildman–Crippen MR) is 118 cm³/mol. The molecule has 1 unspecified atom stereocenters. The summed E-state index contributed by atoms with van der Waals surface area (Å²) >= 11 is 0. The maximum atomic E-state index is 10.6. The summed E-state index contributed by atoms with van der Waals surface area (Å²) in [5, 5.41) is 14.8. The normalized spacial score (nSPS) is 16.6. The third kappa shape index (κ3) is 5.27. The second kappa shape index (κ2) is 9.59. The number of fused-ring (bicyclic) bond motifs is 1. The fraction of sp³-hybridized carbons (Fsp3) is 0.333. The molecule has 2 N–H and O–H groups in total. The molecule has 1 atom stereocenters. The zero-order valence-corrected chi connectivity index (χ0v) is 17.0. The van der Waals surface area contributed by atoms with Crippen molar-refractivity contribution in [2.75, 3.05) is 25.0 Å². The maximum absolute atomic E-state index is 10.6. The first kappa shape index (κ1) is 20.2. The Labute approximate surface area is 176 Å². The van der Waals surface area contributed by atoms with Crippen molar-refractivity contribution in [3.63, 3.8) is 0 Å². The van der Waals surface area contributed by atoms with Crippen LogP contribution in [-0.4, -0.2) is 46.7 Å². The van der Waals surface area contributed by atoms with Gasteiger partial charge in [-0.2, -0.15) is 0 Å². The number of ether oxygens (including phenoxy) is 1. The number of aromatic nitrogens is 1. The van der Waals surface area contributed by atoms with E-state index in [2.05, 4.69) is 51.6 Å². The lowest BCUT2D eigenvalue weighted by atomic mass is 10.1. The van der Waals surface area contributed by atoms with E-state index in [4.69, 9.17) is 9.84 Å². The fourth-order valence-corrected chi connectivity index (χ4v) is 3.97. The lowest BCUT2D eigenvalue weighted by molar-refractivity contribution is -0.137. The van der Waals surface area contributed by atoms with Gasteiger partial charge in [-0.15, -0.1) is 0 Å². The molecule has 1 aliphatic heterocycles. The summed E-state index contributed by atoms with van der Waals surface area (Å²) in [6.07, 6.45) is 5.49. The Bertz CT molecular complexity index is 1000. The summed E-state index contributed by atoms with van der Waals surface area (Å²) < 4.78 is 5.70. The summed E-state index contributed by atoms with van der Waals surface area (Å²) in [6.45, 7) is 3.34. The molecule has 1 fully saturated rings. The monoisotopic (exact) mass is 405 g/mol. The zero-order chi connectivity index (χ0) is 20.8. The number of anilines is 1. The number of hydrogen-bond donors (Lipinski definition) is 2. The van der Waals surface area contributed by atoms with Crippen LogP contribution in [0.4, 0.5) is 5.69 Å². The van der Waals surface area contributed by atoms with Crippen LogP contribution in [-0.2, 0) is 11.3 Å². The molecule has 6 nitrogen and oxygen atoms in total. The molecular formula is C24H27N3O3. The topological polar surface area (TPSA) is 74.7 Å². The van der Waals surface area contributed by atoms with E-state index >= 15 is 0 Å². The summed E-state index contributed by atoms with van der Waals surface area (Å²) in [5.74, 6) is 0.0147. The summed E-state index contributed by atoms with van der Waals surface area (Å²) in [4.78, 5) is 17.3. The molecule has 1 aromatic heterocycles. The number of carbonyl (C=O) groups is 1. The van der Waals surface area contributed by atoms with Crippen LogP contribution in [0.1, 0.15) is 24.8 Å². The Morgan fingerprint density at radius 3 is 3.03 bits per heavy atom. The first-order valence-corrected chi connectivity index (χ1v) is 10.4. The van der Waals surface area contributed by atoms with Crippen LogP contribution in [0.15, 0.2) is 60.9 Å². The van der Waals surface area contributed by atoms with E-state index in [9.17, 15) is 4.79 Å². The lowest BCUT2D eigenvalue weighted by Gasteiger charge is -2.19.